The Kier molecular flexibility index (Phi) is 5.91. The van der Waals surface area contributed by atoms with Crippen molar-refractivity contribution in [2.45, 2.75) is 39.2 Å². The predicted octanol–water partition coefficient (Wildman–Crippen LogP) is 3.72. The van der Waals surface area contributed by atoms with Gasteiger partial charge in [0.1, 0.15) is 5.60 Å². The number of amides is 1. The van der Waals surface area contributed by atoms with Gasteiger partial charge in [0.05, 0.1) is 18.1 Å². The van der Waals surface area contributed by atoms with E-state index in [9.17, 15) is 4.79 Å². The minimum Gasteiger partial charge on any atom is -0.478 e. The van der Waals surface area contributed by atoms with Crippen molar-refractivity contribution in [3.05, 3.63) is 24.3 Å². The second kappa shape index (κ2) is 8.20. The number of para-hydroxylation sites is 2. The van der Waals surface area contributed by atoms with Gasteiger partial charge in [-0.05, 0) is 51.7 Å². The molecule has 0 N–H and O–H groups in total. The van der Waals surface area contributed by atoms with Crippen LogP contribution >= 0.6 is 0 Å². The second-order valence-corrected chi connectivity index (χ2v) is 8.36. The van der Waals surface area contributed by atoms with Gasteiger partial charge in [-0.1, -0.05) is 12.1 Å². The maximum absolute atomic E-state index is 12.4. The Morgan fingerprint density at radius 3 is 2.57 bits per heavy atom. The zero-order valence-electron chi connectivity index (χ0n) is 17.4. The minimum absolute atomic E-state index is 0.233. The number of rotatable bonds is 4. The summed E-state index contributed by atoms with van der Waals surface area (Å²) < 4.78 is 11.0. The average Bonchev–Trinajstić information content (AvgIpc) is 2.65. The van der Waals surface area contributed by atoms with Crippen molar-refractivity contribution < 1.29 is 14.3 Å². The molecule has 1 aromatic carbocycles. The fourth-order valence-corrected chi connectivity index (χ4v) is 3.54. The van der Waals surface area contributed by atoms with Crippen LogP contribution in [0.4, 0.5) is 10.6 Å². The number of fused-ring (bicyclic) bond motifs is 1. The molecule has 2 heterocycles. The van der Waals surface area contributed by atoms with Crippen molar-refractivity contribution in [1.29, 1.82) is 0 Å². The topological polar surface area (TPSA) is 67.8 Å². The van der Waals surface area contributed by atoms with E-state index < -0.39 is 5.60 Å². The molecule has 1 amide bonds. The van der Waals surface area contributed by atoms with Gasteiger partial charge in [-0.3, -0.25) is 0 Å². The summed E-state index contributed by atoms with van der Waals surface area (Å²) >= 11 is 0. The third-order valence-corrected chi connectivity index (χ3v) is 4.78. The number of carbonyl (C=O) groups excluding carboxylic acids is 1. The van der Waals surface area contributed by atoms with Crippen LogP contribution in [-0.2, 0) is 4.74 Å². The first-order valence-corrected chi connectivity index (χ1v) is 9.76. The van der Waals surface area contributed by atoms with Gasteiger partial charge in [-0.15, -0.1) is 0 Å². The molecule has 7 nitrogen and oxygen atoms in total. The molecule has 0 unspecified atom stereocenters. The fraction of sp³-hybridized carbons (Fsp3) is 0.571. The van der Waals surface area contributed by atoms with Crippen LogP contribution in [0, 0.1) is 5.92 Å². The number of hydrogen-bond donors (Lipinski definition) is 0. The summed E-state index contributed by atoms with van der Waals surface area (Å²) in [7, 11) is 3.61. The molecule has 0 bridgehead atoms. The van der Waals surface area contributed by atoms with Crippen LogP contribution < -0.4 is 9.64 Å². The molecule has 0 radical (unpaired) electrons. The number of likely N-dealkylation sites (tertiary alicyclic amines) is 1. The highest BCUT2D eigenvalue weighted by atomic mass is 16.6. The smallest absolute Gasteiger partial charge is 0.410 e. The van der Waals surface area contributed by atoms with Crippen molar-refractivity contribution in [3.63, 3.8) is 0 Å². The van der Waals surface area contributed by atoms with Crippen molar-refractivity contribution in [1.82, 2.24) is 14.9 Å². The quantitative estimate of drug-likeness (QED) is 0.798. The monoisotopic (exact) mass is 386 g/mol. The number of anilines is 1. The summed E-state index contributed by atoms with van der Waals surface area (Å²) in [5.41, 5.74) is 1.17. The highest BCUT2D eigenvalue weighted by molar-refractivity contribution is 5.77. The summed E-state index contributed by atoms with van der Waals surface area (Å²) in [5, 5.41) is 0. The highest BCUT2D eigenvalue weighted by Gasteiger charge is 2.29. The number of aromatic nitrogens is 2. The molecule has 7 heteroatoms. The molecule has 0 spiro atoms. The van der Waals surface area contributed by atoms with Gasteiger partial charge in [0, 0.05) is 26.7 Å². The van der Waals surface area contributed by atoms with Crippen molar-refractivity contribution in [2.75, 3.05) is 38.7 Å². The van der Waals surface area contributed by atoms with E-state index in [1.54, 1.807) is 7.11 Å². The molecule has 1 atom stereocenters. The number of nitrogens with zero attached hydrogens (tertiary/aromatic N) is 4. The van der Waals surface area contributed by atoms with E-state index in [-0.39, 0.29) is 6.09 Å². The highest BCUT2D eigenvalue weighted by Crippen LogP contribution is 2.28. The van der Waals surface area contributed by atoms with Gasteiger partial charge in [0.2, 0.25) is 0 Å². The first kappa shape index (κ1) is 20.2. The molecule has 2 aromatic rings. The van der Waals surface area contributed by atoms with Gasteiger partial charge in [-0.25, -0.2) is 14.8 Å². The van der Waals surface area contributed by atoms with E-state index in [2.05, 4.69) is 9.88 Å². The Morgan fingerprint density at radius 2 is 1.93 bits per heavy atom. The summed E-state index contributed by atoms with van der Waals surface area (Å²) in [4.78, 5) is 25.6. The first-order valence-electron chi connectivity index (χ1n) is 9.76. The Bertz CT molecular complexity index is 834. The maximum Gasteiger partial charge on any atom is 0.410 e. The zero-order valence-corrected chi connectivity index (χ0v) is 17.4. The maximum atomic E-state index is 12.4. The largest absolute Gasteiger partial charge is 0.478 e. The number of ether oxygens (including phenoxy) is 2. The molecule has 3 rings (SSSR count). The molecule has 0 aliphatic carbocycles. The van der Waals surface area contributed by atoms with E-state index in [1.165, 1.54) is 0 Å². The lowest BCUT2D eigenvalue weighted by molar-refractivity contribution is 0.0170. The molecule has 1 aliphatic rings. The molecule has 1 fully saturated rings. The Hall–Kier alpha value is -2.57. The number of piperidine rings is 1. The molecule has 152 valence electrons. The van der Waals surface area contributed by atoms with Crippen LogP contribution in [0.1, 0.15) is 33.6 Å². The van der Waals surface area contributed by atoms with E-state index in [0.29, 0.717) is 18.3 Å². The molecule has 1 aromatic heterocycles. The molecule has 28 heavy (non-hydrogen) atoms. The van der Waals surface area contributed by atoms with Gasteiger partial charge in [0.15, 0.2) is 5.82 Å². The van der Waals surface area contributed by atoms with Gasteiger partial charge in [-0.2, -0.15) is 0 Å². The van der Waals surface area contributed by atoms with Crippen molar-refractivity contribution in [3.8, 4) is 5.88 Å². The summed E-state index contributed by atoms with van der Waals surface area (Å²) in [6, 6.07) is 7.76. The van der Waals surface area contributed by atoms with Crippen molar-refractivity contribution in [2.24, 2.45) is 5.92 Å². The number of carbonyl (C=O) groups is 1. The summed E-state index contributed by atoms with van der Waals surface area (Å²) in [5.74, 6) is 1.57. The minimum atomic E-state index is -0.477. The van der Waals surface area contributed by atoms with E-state index in [1.807, 2.05) is 57.0 Å². The molecule has 1 aliphatic heterocycles. The van der Waals surface area contributed by atoms with Gasteiger partial charge in [0.25, 0.3) is 5.88 Å². The van der Waals surface area contributed by atoms with Crippen LogP contribution in [-0.4, -0.2) is 60.4 Å². The van der Waals surface area contributed by atoms with E-state index in [0.717, 1.165) is 42.8 Å². The van der Waals surface area contributed by atoms with Crippen LogP contribution in [0.2, 0.25) is 0 Å². The lowest BCUT2D eigenvalue weighted by Crippen LogP contribution is -2.45. The Morgan fingerprint density at radius 1 is 1.25 bits per heavy atom. The van der Waals surface area contributed by atoms with E-state index in [4.69, 9.17) is 14.5 Å². The van der Waals surface area contributed by atoms with Crippen LogP contribution in [0.25, 0.3) is 11.0 Å². The van der Waals surface area contributed by atoms with Crippen molar-refractivity contribution >= 4 is 22.9 Å². The third kappa shape index (κ3) is 4.82. The summed E-state index contributed by atoms with van der Waals surface area (Å²) in [6.45, 7) is 7.87. The predicted molar refractivity (Wildman–Crippen MR) is 110 cm³/mol. The standard InChI is InChI=1S/C21H30N4O3/c1-21(2,3)28-20(26)25-12-8-9-15(14-25)13-24(4)18-19(27-5)23-17-11-7-6-10-16(17)22-18/h6-7,10-11,15H,8-9,12-14H2,1-5H3/t15-/m0/s1. The Labute approximate surface area is 166 Å². The average molecular weight is 386 g/mol. The number of methoxy groups -OCH3 is 1. The van der Waals surface area contributed by atoms with E-state index >= 15 is 0 Å². The lowest BCUT2D eigenvalue weighted by Gasteiger charge is -2.36. The molecular weight excluding hydrogens is 356 g/mol. The molecular formula is C21H30N4O3. The molecule has 1 saturated heterocycles. The normalized spacial score (nSPS) is 17.5. The zero-order chi connectivity index (χ0) is 20.3. The Balaban J connectivity index is 1.71. The summed E-state index contributed by atoms with van der Waals surface area (Å²) in [6.07, 6.45) is 1.80. The van der Waals surface area contributed by atoms with Gasteiger partial charge < -0.3 is 19.3 Å². The first-order chi connectivity index (χ1) is 13.3. The fourth-order valence-electron chi connectivity index (χ4n) is 3.54. The van der Waals surface area contributed by atoms with Crippen LogP contribution in [0.3, 0.4) is 0 Å². The number of benzene rings is 1. The lowest BCUT2D eigenvalue weighted by atomic mass is 9.98. The second-order valence-electron chi connectivity index (χ2n) is 8.36. The number of hydrogen-bond acceptors (Lipinski definition) is 6. The van der Waals surface area contributed by atoms with Crippen LogP contribution in [0.15, 0.2) is 24.3 Å². The van der Waals surface area contributed by atoms with Gasteiger partial charge >= 0.3 is 6.09 Å². The third-order valence-electron chi connectivity index (χ3n) is 4.78. The van der Waals surface area contributed by atoms with Crippen LogP contribution in [0.5, 0.6) is 5.88 Å². The SMILES string of the molecule is COc1nc2ccccc2nc1N(C)C[C@@H]1CCCN(C(=O)OC(C)(C)C)C1. The molecule has 0 saturated carbocycles.